The molecular weight excluding hydrogens is 180 g/mol. The zero-order chi connectivity index (χ0) is 8.27. The van der Waals surface area contributed by atoms with E-state index in [1.807, 2.05) is 5.38 Å². The van der Waals surface area contributed by atoms with E-state index >= 15 is 0 Å². The van der Waals surface area contributed by atoms with Crippen LogP contribution in [0.25, 0.3) is 0 Å². The average Bonchev–Trinajstić information content (AvgIpc) is 2.36. The summed E-state index contributed by atoms with van der Waals surface area (Å²) in [5.74, 6) is -0.285. The number of carbonyl (C=O) groups excluding carboxylic acids is 1. The van der Waals surface area contributed by atoms with Gasteiger partial charge in [0.1, 0.15) is 4.88 Å². The topological polar surface area (TPSA) is 26.3 Å². The zero-order valence-electron chi connectivity index (χ0n) is 6.03. The maximum atomic E-state index is 11.1. The normalized spacial score (nSPS) is 9.64. The van der Waals surface area contributed by atoms with Gasteiger partial charge in [0.05, 0.1) is 6.61 Å². The monoisotopic (exact) mass is 188 g/mol. The molecule has 0 aromatic carbocycles. The summed E-state index contributed by atoms with van der Waals surface area (Å²) in [5, 5.41) is 1.81. The summed E-state index contributed by atoms with van der Waals surface area (Å²) < 4.78 is 4.79. The summed E-state index contributed by atoms with van der Waals surface area (Å²) in [6, 6.07) is 1.78. The van der Waals surface area contributed by atoms with Crippen molar-refractivity contribution in [3.63, 3.8) is 0 Å². The van der Waals surface area contributed by atoms with Crippen LogP contribution in [0, 0.1) is 0 Å². The highest BCUT2D eigenvalue weighted by Gasteiger charge is 2.10. The SMILES string of the molecule is CCOC(=O)c1sccc1S. The molecule has 0 aliphatic carbocycles. The van der Waals surface area contributed by atoms with Gasteiger partial charge in [0, 0.05) is 4.90 Å². The maximum Gasteiger partial charge on any atom is 0.349 e. The van der Waals surface area contributed by atoms with Crippen molar-refractivity contribution in [3.8, 4) is 0 Å². The molecular formula is C7H8O2S2. The molecule has 0 N–H and O–H groups in total. The number of hydrogen-bond acceptors (Lipinski definition) is 4. The molecule has 0 aliphatic heterocycles. The molecule has 11 heavy (non-hydrogen) atoms. The predicted octanol–water partition coefficient (Wildman–Crippen LogP) is 2.21. The van der Waals surface area contributed by atoms with E-state index in [2.05, 4.69) is 12.6 Å². The summed E-state index contributed by atoms with van der Waals surface area (Å²) >= 11 is 5.44. The smallest absolute Gasteiger partial charge is 0.349 e. The largest absolute Gasteiger partial charge is 0.462 e. The number of ether oxygens (including phenoxy) is 1. The lowest BCUT2D eigenvalue weighted by Gasteiger charge is -1.97. The number of thiol groups is 1. The lowest BCUT2D eigenvalue weighted by molar-refractivity contribution is 0.0528. The van der Waals surface area contributed by atoms with Gasteiger partial charge in [0.2, 0.25) is 0 Å². The Balaban J connectivity index is 2.76. The molecule has 1 rings (SSSR count). The van der Waals surface area contributed by atoms with Crippen molar-refractivity contribution in [2.24, 2.45) is 0 Å². The quantitative estimate of drug-likeness (QED) is 0.569. The van der Waals surface area contributed by atoms with E-state index in [1.165, 1.54) is 11.3 Å². The van der Waals surface area contributed by atoms with Crippen LogP contribution in [0.3, 0.4) is 0 Å². The van der Waals surface area contributed by atoms with Gasteiger partial charge in [0.15, 0.2) is 0 Å². The van der Waals surface area contributed by atoms with Crippen molar-refractivity contribution in [1.29, 1.82) is 0 Å². The van der Waals surface area contributed by atoms with E-state index in [-0.39, 0.29) is 5.97 Å². The molecule has 2 nitrogen and oxygen atoms in total. The molecule has 0 atom stereocenters. The number of thiophene rings is 1. The lowest BCUT2D eigenvalue weighted by atomic mass is 10.5. The first kappa shape index (κ1) is 8.62. The Labute approximate surface area is 74.6 Å². The Morgan fingerprint density at radius 3 is 3.00 bits per heavy atom. The molecule has 0 radical (unpaired) electrons. The van der Waals surface area contributed by atoms with Gasteiger partial charge >= 0.3 is 5.97 Å². The lowest BCUT2D eigenvalue weighted by Crippen LogP contribution is -2.02. The van der Waals surface area contributed by atoms with E-state index in [9.17, 15) is 4.79 Å². The first-order valence-corrected chi connectivity index (χ1v) is 4.52. The van der Waals surface area contributed by atoms with Crippen molar-refractivity contribution in [1.82, 2.24) is 0 Å². The standard InChI is InChI=1S/C7H8O2S2/c1-2-9-7(8)6-5(10)3-4-11-6/h3-4,10H,2H2,1H3. The fourth-order valence-corrected chi connectivity index (χ4v) is 1.76. The molecule has 1 aromatic rings. The van der Waals surface area contributed by atoms with Crippen molar-refractivity contribution < 1.29 is 9.53 Å². The third-order valence-electron chi connectivity index (χ3n) is 1.11. The van der Waals surface area contributed by atoms with Crippen LogP contribution >= 0.6 is 24.0 Å². The van der Waals surface area contributed by atoms with Gasteiger partial charge in [-0.05, 0) is 18.4 Å². The van der Waals surface area contributed by atoms with Gasteiger partial charge < -0.3 is 4.74 Å². The second-order valence-electron chi connectivity index (χ2n) is 1.86. The summed E-state index contributed by atoms with van der Waals surface area (Å²) in [4.78, 5) is 12.3. The van der Waals surface area contributed by atoms with Gasteiger partial charge in [-0.2, -0.15) is 0 Å². The first-order chi connectivity index (χ1) is 5.25. The number of esters is 1. The second kappa shape index (κ2) is 3.78. The predicted molar refractivity (Wildman–Crippen MR) is 47.5 cm³/mol. The highest BCUT2D eigenvalue weighted by Crippen LogP contribution is 2.20. The summed E-state index contributed by atoms with van der Waals surface area (Å²) in [6.07, 6.45) is 0. The Kier molecular flexibility index (Phi) is 2.96. The van der Waals surface area contributed by atoms with E-state index in [4.69, 9.17) is 4.74 Å². The minimum atomic E-state index is -0.285. The van der Waals surface area contributed by atoms with Crippen LogP contribution in [0.4, 0.5) is 0 Å². The van der Waals surface area contributed by atoms with E-state index < -0.39 is 0 Å². The molecule has 0 saturated heterocycles. The van der Waals surface area contributed by atoms with Crippen molar-refractivity contribution in [2.45, 2.75) is 11.8 Å². The summed E-state index contributed by atoms with van der Waals surface area (Å²) in [7, 11) is 0. The van der Waals surface area contributed by atoms with Gasteiger partial charge in [-0.15, -0.1) is 24.0 Å². The number of rotatable bonds is 2. The molecule has 0 fully saturated rings. The van der Waals surface area contributed by atoms with Gasteiger partial charge in [-0.25, -0.2) is 4.79 Å². The van der Waals surface area contributed by atoms with Crippen molar-refractivity contribution in [2.75, 3.05) is 6.61 Å². The minimum absolute atomic E-state index is 0.285. The molecule has 0 unspecified atom stereocenters. The van der Waals surface area contributed by atoms with Crippen LogP contribution < -0.4 is 0 Å². The molecule has 0 amide bonds. The highest BCUT2D eigenvalue weighted by molar-refractivity contribution is 7.80. The molecule has 0 bridgehead atoms. The fourth-order valence-electron chi connectivity index (χ4n) is 0.652. The van der Waals surface area contributed by atoms with Crippen molar-refractivity contribution >= 4 is 29.9 Å². The second-order valence-corrected chi connectivity index (χ2v) is 3.25. The van der Waals surface area contributed by atoms with Crippen LogP contribution in [0.2, 0.25) is 0 Å². The Morgan fingerprint density at radius 1 is 1.82 bits per heavy atom. The molecule has 60 valence electrons. The van der Waals surface area contributed by atoms with E-state index in [1.54, 1.807) is 13.0 Å². The molecule has 0 spiro atoms. The third-order valence-corrected chi connectivity index (χ3v) is 2.52. The first-order valence-electron chi connectivity index (χ1n) is 3.19. The maximum absolute atomic E-state index is 11.1. The van der Waals surface area contributed by atoms with E-state index in [0.717, 1.165) is 0 Å². The Hall–Kier alpha value is -0.480. The van der Waals surface area contributed by atoms with Crippen LogP contribution in [-0.4, -0.2) is 12.6 Å². The fraction of sp³-hybridized carbons (Fsp3) is 0.286. The molecule has 1 heterocycles. The minimum Gasteiger partial charge on any atom is -0.462 e. The van der Waals surface area contributed by atoms with Crippen LogP contribution in [0.15, 0.2) is 16.3 Å². The van der Waals surface area contributed by atoms with Gasteiger partial charge in [0.25, 0.3) is 0 Å². The van der Waals surface area contributed by atoms with E-state index in [0.29, 0.717) is 16.4 Å². The molecule has 1 aromatic heterocycles. The van der Waals surface area contributed by atoms with Crippen molar-refractivity contribution in [3.05, 3.63) is 16.3 Å². The third kappa shape index (κ3) is 1.97. The molecule has 0 saturated carbocycles. The van der Waals surface area contributed by atoms with Crippen LogP contribution in [-0.2, 0) is 4.74 Å². The van der Waals surface area contributed by atoms with Crippen LogP contribution in [0.1, 0.15) is 16.6 Å². The molecule has 4 heteroatoms. The average molecular weight is 188 g/mol. The highest BCUT2D eigenvalue weighted by atomic mass is 32.1. The number of carbonyl (C=O) groups is 1. The van der Waals surface area contributed by atoms with Gasteiger partial charge in [-0.3, -0.25) is 0 Å². The summed E-state index contributed by atoms with van der Waals surface area (Å²) in [5.41, 5.74) is 0. The van der Waals surface area contributed by atoms with Gasteiger partial charge in [-0.1, -0.05) is 0 Å². The molecule has 0 aliphatic rings. The Bertz CT molecular complexity index is 255. The van der Waals surface area contributed by atoms with Crippen LogP contribution in [0.5, 0.6) is 0 Å². The number of hydrogen-bond donors (Lipinski definition) is 1. The summed E-state index contributed by atoms with van der Waals surface area (Å²) in [6.45, 7) is 2.19. The zero-order valence-corrected chi connectivity index (χ0v) is 7.74. The Morgan fingerprint density at radius 2 is 2.55 bits per heavy atom.